The van der Waals surface area contributed by atoms with E-state index in [0.717, 1.165) is 5.69 Å². The van der Waals surface area contributed by atoms with Crippen molar-refractivity contribution in [1.29, 1.82) is 0 Å². The van der Waals surface area contributed by atoms with Gasteiger partial charge in [0.25, 0.3) is 0 Å². The molecule has 1 fully saturated rings. The molecule has 1 amide bonds. The number of halogens is 2. The first kappa shape index (κ1) is 31.1. The molecule has 11 nitrogen and oxygen atoms in total. The van der Waals surface area contributed by atoms with Gasteiger partial charge in [-0.05, 0) is 37.1 Å². The van der Waals surface area contributed by atoms with Crippen LogP contribution in [0.5, 0.6) is 0 Å². The fourth-order valence-electron chi connectivity index (χ4n) is 6.15. The van der Waals surface area contributed by atoms with E-state index < -0.39 is 17.7 Å². The molecule has 5 rings (SSSR count). The lowest BCUT2D eigenvalue weighted by Crippen LogP contribution is -2.62. The molecule has 1 unspecified atom stereocenters. The summed E-state index contributed by atoms with van der Waals surface area (Å²) in [5.41, 5.74) is 9.00. The normalized spacial score (nSPS) is 19.3. The summed E-state index contributed by atoms with van der Waals surface area (Å²) in [4.78, 5) is 24.7. The molecule has 0 aliphatic carbocycles. The molecular weight excluding hydrogens is 568 g/mol. The topological polar surface area (TPSA) is 126 Å². The van der Waals surface area contributed by atoms with Crippen LogP contribution in [0, 0.1) is 17.6 Å². The van der Waals surface area contributed by atoms with E-state index in [2.05, 4.69) is 30.6 Å². The largest absolute Gasteiger partial charge is 0.453 e. The number of likely N-dealkylation sites (N-methyl/N-ethyl adjacent to an activating group) is 1. The molecule has 0 saturated carbocycles. The highest BCUT2D eigenvalue weighted by atomic mass is 19.1. The number of ether oxygens (including phenoxy) is 1. The summed E-state index contributed by atoms with van der Waals surface area (Å²) < 4.78 is 37.2. The third-order valence-corrected chi connectivity index (χ3v) is 8.07. The van der Waals surface area contributed by atoms with E-state index in [1.165, 1.54) is 23.8 Å². The van der Waals surface area contributed by atoms with E-state index in [-0.39, 0.29) is 41.3 Å². The lowest BCUT2D eigenvalue weighted by molar-refractivity contribution is 0.0906. The van der Waals surface area contributed by atoms with Crippen LogP contribution in [-0.4, -0.2) is 75.9 Å². The summed E-state index contributed by atoms with van der Waals surface area (Å²) in [6.45, 7) is 8.94. The Balaban J connectivity index is 1.45. The highest BCUT2D eigenvalue weighted by Gasteiger charge is 2.38. The minimum atomic E-state index is -0.703. The summed E-state index contributed by atoms with van der Waals surface area (Å²) >= 11 is 0. The zero-order chi connectivity index (χ0) is 31.7. The molecule has 1 aromatic carbocycles. The monoisotopic (exact) mass is 607 g/mol. The Hall–Kier alpha value is -4.36. The van der Waals surface area contributed by atoms with Gasteiger partial charge in [0.2, 0.25) is 5.95 Å². The highest BCUT2D eigenvalue weighted by molar-refractivity contribution is 5.74. The first-order chi connectivity index (χ1) is 21.0. The van der Waals surface area contributed by atoms with Gasteiger partial charge in [0.1, 0.15) is 11.6 Å². The van der Waals surface area contributed by atoms with Crippen LogP contribution in [0.15, 0.2) is 48.9 Å². The number of amides is 1. The number of aromatic nitrogens is 4. The van der Waals surface area contributed by atoms with Crippen LogP contribution in [0.3, 0.4) is 0 Å². The minimum absolute atomic E-state index is 0.0411. The van der Waals surface area contributed by atoms with Crippen molar-refractivity contribution in [2.45, 2.75) is 51.9 Å². The number of pyridine rings is 1. The van der Waals surface area contributed by atoms with Crippen molar-refractivity contribution in [2.24, 2.45) is 11.7 Å². The van der Waals surface area contributed by atoms with Crippen LogP contribution in [-0.2, 0) is 4.74 Å². The van der Waals surface area contributed by atoms with Crippen LogP contribution < -0.4 is 21.3 Å². The molecular formula is C31H39F2N9O2. The number of hydrogen-bond donors (Lipinski definition) is 3. The van der Waals surface area contributed by atoms with Gasteiger partial charge in [0.15, 0.2) is 0 Å². The van der Waals surface area contributed by atoms with Gasteiger partial charge in [-0.2, -0.15) is 9.61 Å². The summed E-state index contributed by atoms with van der Waals surface area (Å²) in [6, 6.07) is 7.18. The number of carbonyl (C=O) groups is 1. The summed E-state index contributed by atoms with van der Waals surface area (Å²) in [7, 11) is 3.05. The quantitative estimate of drug-likeness (QED) is 0.261. The van der Waals surface area contributed by atoms with Gasteiger partial charge in [0.05, 0.1) is 53.7 Å². The van der Waals surface area contributed by atoms with Gasteiger partial charge < -0.3 is 30.9 Å². The molecule has 44 heavy (non-hydrogen) atoms. The Morgan fingerprint density at radius 3 is 2.61 bits per heavy atom. The molecule has 4 atom stereocenters. The third-order valence-electron chi connectivity index (χ3n) is 8.07. The number of nitrogens with two attached hydrogens (primary N) is 1. The Bertz CT molecular complexity index is 1630. The van der Waals surface area contributed by atoms with Crippen LogP contribution in [0.2, 0.25) is 0 Å². The molecule has 13 heteroatoms. The number of fused-ring (bicyclic) bond motifs is 1. The smallest absolute Gasteiger partial charge is 0.409 e. The predicted molar refractivity (Wildman–Crippen MR) is 166 cm³/mol. The lowest BCUT2D eigenvalue weighted by Gasteiger charge is -2.45. The highest BCUT2D eigenvalue weighted by Crippen LogP contribution is 2.34. The van der Waals surface area contributed by atoms with E-state index in [0.29, 0.717) is 35.8 Å². The molecule has 1 saturated heterocycles. The van der Waals surface area contributed by atoms with Gasteiger partial charge >= 0.3 is 6.09 Å². The van der Waals surface area contributed by atoms with Gasteiger partial charge in [0, 0.05) is 50.0 Å². The number of piperidine rings is 1. The summed E-state index contributed by atoms with van der Waals surface area (Å²) in [6.07, 6.45) is 4.56. The maximum Gasteiger partial charge on any atom is 0.409 e. The zero-order valence-corrected chi connectivity index (χ0v) is 25.8. The second kappa shape index (κ2) is 12.7. The molecule has 1 aliphatic rings. The van der Waals surface area contributed by atoms with Crippen LogP contribution >= 0.6 is 0 Å². The Labute approximate surface area is 255 Å². The molecule has 0 spiro atoms. The Kier molecular flexibility index (Phi) is 8.97. The number of anilines is 3. The average molecular weight is 608 g/mol. The fourth-order valence-corrected chi connectivity index (χ4v) is 6.15. The van der Waals surface area contributed by atoms with Crippen molar-refractivity contribution in [3.05, 3.63) is 66.1 Å². The Morgan fingerprint density at radius 1 is 1.14 bits per heavy atom. The van der Waals surface area contributed by atoms with Crippen molar-refractivity contribution in [3.8, 4) is 11.3 Å². The van der Waals surface area contributed by atoms with Crippen molar-refractivity contribution >= 4 is 28.9 Å². The standard InChI is InChI=1S/C31H39F2N9O2/c1-17(2)37-19(4)21-8-9-22(32)27(28(21)33)24-10-7-20-13-36-30(42(20)39-24)38-25-14-35-12-11-26(25)41-15-18(3)29(23(34)16-41)40(5)31(43)44-6/h7-14,17-19,23,29,37H,15-16,34H2,1-6H3,(H,36,38)/t18-,19?,23+,29-/m0/s1. The van der Waals surface area contributed by atoms with Gasteiger partial charge in [-0.15, -0.1) is 0 Å². The zero-order valence-electron chi connectivity index (χ0n) is 25.8. The molecule has 0 radical (unpaired) electrons. The number of carbonyl (C=O) groups excluding carboxylic acids is 1. The average Bonchev–Trinajstić information content (AvgIpc) is 3.38. The first-order valence-corrected chi connectivity index (χ1v) is 14.6. The first-order valence-electron chi connectivity index (χ1n) is 14.6. The minimum Gasteiger partial charge on any atom is -0.453 e. The van der Waals surface area contributed by atoms with Crippen molar-refractivity contribution in [3.63, 3.8) is 0 Å². The van der Waals surface area contributed by atoms with Crippen molar-refractivity contribution in [1.82, 2.24) is 29.8 Å². The maximum absolute atomic E-state index is 15.7. The van der Waals surface area contributed by atoms with Crippen LogP contribution in [0.25, 0.3) is 16.8 Å². The molecule has 4 heterocycles. The SMILES string of the molecule is COC(=O)N(C)[C@@H]1[C@H](N)CN(c2ccncc2Nc2ncc3ccc(-c4c(F)ccc(C(C)NC(C)C)c4F)nn23)C[C@@H]1C. The second-order valence-electron chi connectivity index (χ2n) is 11.6. The van der Waals surface area contributed by atoms with E-state index in [1.807, 2.05) is 33.8 Å². The molecule has 1 aliphatic heterocycles. The number of imidazole rings is 1. The number of hydrogen-bond acceptors (Lipinski definition) is 9. The fraction of sp³-hybridized carbons (Fsp3) is 0.419. The predicted octanol–water partition coefficient (Wildman–Crippen LogP) is 4.72. The molecule has 4 N–H and O–H groups in total. The van der Waals surface area contributed by atoms with E-state index in [1.54, 1.807) is 42.7 Å². The van der Waals surface area contributed by atoms with Gasteiger partial charge in [-0.25, -0.2) is 18.6 Å². The van der Waals surface area contributed by atoms with E-state index >= 15 is 8.78 Å². The van der Waals surface area contributed by atoms with Gasteiger partial charge in [-0.1, -0.05) is 26.8 Å². The number of methoxy groups -OCH3 is 1. The number of nitrogens with one attached hydrogen (secondary N) is 2. The van der Waals surface area contributed by atoms with Crippen LogP contribution in [0.4, 0.5) is 30.9 Å². The summed E-state index contributed by atoms with van der Waals surface area (Å²) in [5, 5.41) is 11.2. The Morgan fingerprint density at radius 2 is 1.91 bits per heavy atom. The molecule has 4 aromatic rings. The molecule has 3 aromatic heterocycles. The molecule has 234 valence electrons. The van der Waals surface area contributed by atoms with Gasteiger partial charge in [-0.3, -0.25) is 4.98 Å². The third kappa shape index (κ3) is 6.02. The van der Waals surface area contributed by atoms with E-state index in [9.17, 15) is 4.79 Å². The summed E-state index contributed by atoms with van der Waals surface area (Å²) in [5.74, 6) is -0.973. The number of nitrogens with zero attached hydrogens (tertiary/aromatic N) is 6. The van der Waals surface area contributed by atoms with Crippen LogP contribution in [0.1, 0.15) is 39.3 Å². The maximum atomic E-state index is 15.7. The van der Waals surface area contributed by atoms with Crippen molar-refractivity contribution < 1.29 is 18.3 Å². The van der Waals surface area contributed by atoms with Crippen molar-refractivity contribution in [2.75, 3.05) is 37.5 Å². The molecule has 0 bridgehead atoms. The number of benzene rings is 1. The lowest BCUT2D eigenvalue weighted by atomic mass is 9.89. The number of rotatable bonds is 8. The second-order valence-corrected chi connectivity index (χ2v) is 11.6. The van der Waals surface area contributed by atoms with E-state index in [4.69, 9.17) is 10.5 Å².